The van der Waals surface area contributed by atoms with Crippen LogP contribution in [0.25, 0.3) is 0 Å². The van der Waals surface area contributed by atoms with E-state index in [1.807, 2.05) is 9.80 Å². The molecule has 0 aromatic carbocycles. The third-order valence-corrected chi connectivity index (χ3v) is 4.69. The number of nitrogens with one attached hydrogen (secondary N) is 1. The molecule has 2 heterocycles. The van der Waals surface area contributed by atoms with Crippen LogP contribution in [-0.2, 0) is 9.59 Å². The minimum absolute atomic E-state index is 0.00295. The Morgan fingerprint density at radius 3 is 2.10 bits per heavy atom. The summed E-state index contributed by atoms with van der Waals surface area (Å²) >= 11 is 0. The summed E-state index contributed by atoms with van der Waals surface area (Å²) < 4.78 is 0. The van der Waals surface area contributed by atoms with Gasteiger partial charge in [-0.1, -0.05) is 12.8 Å². The largest absolute Gasteiger partial charge is 0.339 e. The summed E-state index contributed by atoms with van der Waals surface area (Å²) in [6.07, 6.45) is 6.62. The van der Waals surface area contributed by atoms with Crippen LogP contribution in [0.1, 0.15) is 38.5 Å². The predicted molar refractivity (Wildman–Crippen MR) is 76.1 cm³/mol. The van der Waals surface area contributed by atoms with E-state index < -0.39 is 0 Å². The van der Waals surface area contributed by atoms with E-state index in [1.54, 1.807) is 0 Å². The van der Waals surface area contributed by atoms with E-state index in [4.69, 9.17) is 0 Å². The molecule has 5 nitrogen and oxygen atoms in total. The van der Waals surface area contributed by atoms with Crippen molar-refractivity contribution in [3.8, 4) is 0 Å². The minimum atomic E-state index is 0.00295. The maximum absolute atomic E-state index is 12.5. The number of carbonyl (C=O) groups excluding carboxylic acids is 2. The average molecular weight is 279 g/mol. The lowest BCUT2D eigenvalue weighted by Gasteiger charge is -2.36. The molecule has 0 aromatic rings. The van der Waals surface area contributed by atoms with Gasteiger partial charge in [0.1, 0.15) is 0 Å². The second-order valence-corrected chi connectivity index (χ2v) is 6.28. The summed E-state index contributed by atoms with van der Waals surface area (Å²) in [5.41, 5.74) is 0. The molecule has 20 heavy (non-hydrogen) atoms. The van der Waals surface area contributed by atoms with Gasteiger partial charge in [0, 0.05) is 32.1 Å². The zero-order valence-corrected chi connectivity index (χ0v) is 12.1. The number of piperazine rings is 1. The van der Waals surface area contributed by atoms with E-state index >= 15 is 0 Å². The number of rotatable bonds is 2. The first kappa shape index (κ1) is 13.9. The van der Waals surface area contributed by atoms with Crippen LogP contribution in [0.2, 0.25) is 0 Å². The number of carbonyl (C=O) groups is 2. The molecule has 2 saturated heterocycles. The zero-order chi connectivity index (χ0) is 13.9. The Labute approximate surface area is 120 Å². The van der Waals surface area contributed by atoms with Crippen molar-refractivity contribution in [2.45, 2.75) is 44.6 Å². The van der Waals surface area contributed by atoms with Gasteiger partial charge in [-0.05, 0) is 32.2 Å². The highest BCUT2D eigenvalue weighted by molar-refractivity contribution is 5.83. The van der Waals surface area contributed by atoms with Gasteiger partial charge in [0.25, 0.3) is 0 Å². The Morgan fingerprint density at radius 2 is 1.45 bits per heavy atom. The first-order valence-corrected chi connectivity index (χ1v) is 8.06. The van der Waals surface area contributed by atoms with Crippen molar-refractivity contribution in [3.63, 3.8) is 0 Å². The molecule has 3 aliphatic rings. The quantitative estimate of drug-likeness (QED) is 0.805. The van der Waals surface area contributed by atoms with Gasteiger partial charge in [-0.25, -0.2) is 0 Å². The standard InChI is InChI=1S/C15H25N3O2/c19-14(12-5-6-12)17-8-10-18(11-9-17)15(20)13-4-2-1-3-7-16-13/h12-13,16H,1-11H2. The van der Waals surface area contributed by atoms with Gasteiger partial charge in [-0.2, -0.15) is 0 Å². The summed E-state index contributed by atoms with van der Waals surface area (Å²) in [5, 5.41) is 3.37. The molecule has 2 amide bonds. The Bertz CT molecular complexity index is 365. The number of nitrogens with zero attached hydrogens (tertiary/aromatic N) is 2. The van der Waals surface area contributed by atoms with Crippen LogP contribution in [-0.4, -0.2) is 60.4 Å². The summed E-state index contributed by atoms with van der Waals surface area (Å²) in [6.45, 7) is 3.79. The second kappa shape index (κ2) is 6.12. The fourth-order valence-corrected chi connectivity index (χ4v) is 3.20. The first-order chi connectivity index (χ1) is 9.75. The molecule has 0 spiro atoms. The van der Waals surface area contributed by atoms with Gasteiger partial charge >= 0.3 is 0 Å². The van der Waals surface area contributed by atoms with E-state index in [0.717, 1.165) is 32.2 Å². The molecule has 0 aromatic heterocycles. The average Bonchev–Trinajstić information content (AvgIpc) is 3.32. The lowest BCUT2D eigenvalue weighted by Crippen LogP contribution is -2.55. The molecule has 1 unspecified atom stereocenters. The molecule has 0 radical (unpaired) electrons. The normalized spacial score (nSPS) is 28.1. The highest BCUT2D eigenvalue weighted by Crippen LogP contribution is 2.31. The smallest absolute Gasteiger partial charge is 0.239 e. The molecule has 2 aliphatic heterocycles. The molecular weight excluding hydrogens is 254 g/mol. The van der Waals surface area contributed by atoms with Gasteiger partial charge in [-0.15, -0.1) is 0 Å². The first-order valence-electron chi connectivity index (χ1n) is 8.06. The fourth-order valence-electron chi connectivity index (χ4n) is 3.20. The highest BCUT2D eigenvalue weighted by atomic mass is 16.2. The van der Waals surface area contributed by atoms with Gasteiger partial charge in [-0.3, -0.25) is 9.59 Å². The summed E-state index contributed by atoms with van der Waals surface area (Å²) in [4.78, 5) is 28.4. The monoisotopic (exact) mass is 279 g/mol. The summed E-state index contributed by atoms with van der Waals surface area (Å²) in [5.74, 6) is 0.843. The van der Waals surface area contributed by atoms with Crippen LogP contribution in [0.4, 0.5) is 0 Å². The predicted octanol–water partition coefficient (Wildman–Crippen LogP) is 0.599. The topological polar surface area (TPSA) is 52.7 Å². The SMILES string of the molecule is O=C(C1CC1)N1CCN(C(=O)C2CCCCCN2)CC1. The summed E-state index contributed by atoms with van der Waals surface area (Å²) in [7, 11) is 0. The Hall–Kier alpha value is -1.10. The van der Waals surface area contributed by atoms with Crippen molar-refractivity contribution >= 4 is 11.8 Å². The molecule has 1 aliphatic carbocycles. The lowest BCUT2D eigenvalue weighted by atomic mass is 10.1. The Morgan fingerprint density at radius 1 is 0.800 bits per heavy atom. The zero-order valence-electron chi connectivity index (χ0n) is 12.1. The summed E-state index contributed by atoms with van der Waals surface area (Å²) in [6, 6.07) is 0.00295. The maximum Gasteiger partial charge on any atom is 0.239 e. The lowest BCUT2D eigenvalue weighted by molar-refractivity contribution is -0.141. The van der Waals surface area contributed by atoms with Crippen molar-refractivity contribution in [1.82, 2.24) is 15.1 Å². The molecule has 1 saturated carbocycles. The molecule has 112 valence electrons. The molecular formula is C15H25N3O2. The van der Waals surface area contributed by atoms with Gasteiger partial charge in [0.2, 0.25) is 11.8 Å². The number of amides is 2. The van der Waals surface area contributed by atoms with Crippen molar-refractivity contribution in [2.75, 3.05) is 32.7 Å². The van der Waals surface area contributed by atoms with Crippen molar-refractivity contribution in [3.05, 3.63) is 0 Å². The van der Waals surface area contributed by atoms with Crippen molar-refractivity contribution < 1.29 is 9.59 Å². The molecule has 1 atom stereocenters. The highest BCUT2D eigenvalue weighted by Gasteiger charge is 2.35. The maximum atomic E-state index is 12.5. The van der Waals surface area contributed by atoms with E-state index in [2.05, 4.69) is 5.32 Å². The minimum Gasteiger partial charge on any atom is -0.339 e. The van der Waals surface area contributed by atoms with Crippen molar-refractivity contribution in [2.24, 2.45) is 5.92 Å². The molecule has 5 heteroatoms. The Kier molecular flexibility index (Phi) is 4.24. The van der Waals surface area contributed by atoms with Crippen LogP contribution < -0.4 is 5.32 Å². The molecule has 3 fully saturated rings. The van der Waals surface area contributed by atoms with Gasteiger partial charge < -0.3 is 15.1 Å². The van der Waals surface area contributed by atoms with E-state index in [9.17, 15) is 9.59 Å². The van der Waals surface area contributed by atoms with Crippen LogP contribution in [0, 0.1) is 5.92 Å². The van der Waals surface area contributed by atoms with Crippen LogP contribution in [0.5, 0.6) is 0 Å². The van der Waals surface area contributed by atoms with Gasteiger partial charge in [0.05, 0.1) is 6.04 Å². The van der Waals surface area contributed by atoms with E-state index in [1.165, 1.54) is 12.8 Å². The number of hydrogen-bond acceptors (Lipinski definition) is 3. The molecule has 1 N–H and O–H groups in total. The van der Waals surface area contributed by atoms with E-state index in [-0.39, 0.29) is 11.9 Å². The van der Waals surface area contributed by atoms with Crippen LogP contribution in [0.15, 0.2) is 0 Å². The Balaban J connectivity index is 1.49. The number of hydrogen-bond donors (Lipinski definition) is 1. The third kappa shape index (κ3) is 3.14. The fraction of sp³-hybridized carbons (Fsp3) is 0.867. The van der Waals surface area contributed by atoms with E-state index in [0.29, 0.717) is 38.0 Å². The van der Waals surface area contributed by atoms with Gasteiger partial charge in [0.15, 0.2) is 0 Å². The third-order valence-electron chi connectivity index (χ3n) is 4.69. The van der Waals surface area contributed by atoms with Crippen LogP contribution >= 0.6 is 0 Å². The second-order valence-electron chi connectivity index (χ2n) is 6.28. The van der Waals surface area contributed by atoms with Crippen molar-refractivity contribution in [1.29, 1.82) is 0 Å². The molecule has 0 bridgehead atoms. The molecule has 3 rings (SSSR count). The van der Waals surface area contributed by atoms with Crippen LogP contribution in [0.3, 0.4) is 0 Å².